The van der Waals surface area contributed by atoms with Crippen molar-refractivity contribution in [3.8, 4) is 23.0 Å². The molecule has 8 bridgehead atoms. The van der Waals surface area contributed by atoms with E-state index in [1.165, 1.54) is 0 Å². The molecule has 1 aliphatic rings. The lowest BCUT2D eigenvalue weighted by molar-refractivity contribution is 0.300. The van der Waals surface area contributed by atoms with Crippen LogP contribution < -0.4 is 32.4 Å². The maximum absolute atomic E-state index is 12.7. The van der Waals surface area contributed by atoms with Crippen LogP contribution in [0.5, 0.6) is 23.0 Å². The van der Waals surface area contributed by atoms with E-state index in [4.69, 9.17) is 32.4 Å². The average Bonchev–Trinajstić information content (AvgIpc) is 3.17. The van der Waals surface area contributed by atoms with Crippen LogP contribution in [0.4, 0.5) is 22.7 Å². The molecule has 1 aliphatic carbocycles. The van der Waals surface area contributed by atoms with Crippen LogP contribution in [0.25, 0.3) is 0 Å². The molecule has 0 amide bonds. The largest absolute Gasteiger partial charge is 0.507 e. The van der Waals surface area contributed by atoms with Gasteiger partial charge in [-0.2, -0.15) is 0 Å². The Morgan fingerprint density at radius 3 is 0.773 bits per heavy atom. The molecule has 0 unspecified atom stereocenters. The number of hydrogen-bond donors (Lipinski definition) is 6. The van der Waals surface area contributed by atoms with E-state index in [0.29, 0.717) is 59.9 Å². The number of fused-ring (bicyclic) bond motifs is 8. The Hall–Kier alpha value is -6.28. The van der Waals surface area contributed by atoms with Gasteiger partial charge in [0, 0.05) is 48.4 Å². The molecular formula is C58H72N4O4. The summed E-state index contributed by atoms with van der Waals surface area (Å²) in [7, 11) is 0. The summed E-state index contributed by atoms with van der Waals surface area (Å²) in [6, 6.07) is 28.5. The molecule has 7 rings (SSSR count). The van der Waals surface area contributed by atoms with Crippen molar-refractivity contribution >= 4 is 22.7 Å². The van der Waals surface area contributed by atoms with Crippen molar-refractivity contribution in [1.82, 2.24) is 0 Å². The van der Waals surface area contributed by atoms with Gasteiger partial charge < -0.3 is 42.6 Å². The SMILES string of the molecule is CC(C)(C)c1cc2c(O)c(c1)Cc1cc(C(C)(C)C)cc(c1OCc1cc(N)cc(N)c1)Cc1cc(C(C)(C)C)cc(c1O)Cc1cc(C(C)(C)C)cc(c1OCc1cc(N)cc(N)c1)C2. The summed E-state index contributed by atoms with van der Waals surface area (Å²) in [6.07, 6.45) is 1.56. The van der Waals surface area contributed by atoms with E-state index >= 15 is 0 Å². The summed E-state index contributed by atoms with van der Waals surface area (Å²) in [4.78, 5) is 0. The Bertz CT molecular complexity index is 2480. The monoisotopic (exact) mass is 889 g/mol. The fourth-order valence-corrected chi connectivity index (χ4v) is 8.99. The van der Waals surface area contributed by atoms with Gasteiger partial charge in [-0.25, -0.2) is 0 Å². The van der Waals surface area contributed by atoms with Crippen molar-refractivity contribution in [2.75, 3.05) is 22.9 Å². The zero-order chi connectivity index (χ0) is 48.3. The minimum Gasteiger partial charge on any atom is -0.507 e. The van der Waals surface area contributed by atoms with Gasteiger partial charge in [-0.15, -0.1) is 0 Å². The number of phenolic OH excluding ortho intramolecular Hbond substituents is 2. The molecule has 0 heterocycles. The predicted molar refractivity (Wildman–Crippen MR) is 274 cm³/mol. The van der Waals surface area contributed by atoms with Crippen molar-refractivity contribution in [3.63, 3.8) is 0 Å². The molecule has 0 spiro atoms. The van der Waals surface area contributed by atoms with Crippen LogP contribution in [-0.2, 0) is 60.6 Å². The number of aromatic hydroxyl groups is 2. The van der Waals surface area contributed by atoms with E-state index in [9.17, 15) is 10.2 Å². The lowest BCUT2D eigenvalue weighted by atomic mass is 9.79. The minimum absolute atomic E-state index is 0.221. The maximum atomic E-state index is 12.7. The van der Waals surface area contributed by atoms with Gasteiger partial charge in [0.15, 0.2) is 0 Å². The lowest BCUT2D eigenvalue weighted by Crippen LogP contribution is -2.16. The van der Waals surface area contributed by atoms with Crippen LogP contribution in [0.3, 0.4) is 0 Å². The highest BCUT2D eigenvalue weighted by Crippen LogP contribution is 2.44. The second-order valence-electron chi connectivity index (χ2n) is 22.8. The zero-order valence-electron chi connectivity index (χ0n) is 41.3. The van der Waals surface area contributed by atoms with Crippen LogP contribution in [0, 0.1) is 0 Å². The molecule has 0 saturated heterocycles. The smallest absolute Gasteiger partial charge is 0.126 e. The number of phenols is 2. The Kier molecular flexibility index (Phi) is 12.6. The van der Waals surface area contributed by atoms with Gasteiger partial charge in [-0.05, 0) is 136 Å². The van der Waals surface area contributed by atoms with Gasteiger partial charge in [-0.1, -0.05) is 132 Å². The molecule has 8 nitrogen and oxygen atoms in total. The number of ether oxygens (including phenoxy) is 2. The van der Waals surface area contributed by atoms with Crippen LogP contribution in [0.2, 0.25) is 0 Å². The second-order valence-corrected chi connectivity index (χ2v) is 22.8. The summed E-state index contributed by atoms with van der Waals surface area (Å²) < 4.78 is 13.9. The molecule has 0 saturated carbocycles. The van der Waals surface area contributed by atoms with Crippen LogP contribution in [0.1, 0.15) is 161 Å². The number of rotatable bonds is 6. The fourth-order valence-electron chi connectivity index (χ4n) is 8.99. The van der Waals surface area contributed by atoms with Crippen LogP contribution >= 0.6 is 0 Å². The van der Waals surface area contributed by atoms with Gasteiger partial charge in [0.05, 0.1) is 0 Å². The Morgan fingerprint density at radius 2 is 0.561 bits per heavy atom. The lowest BCUT2D eigenvalue weighted by Gasteiger charge is -2.28. The molecule has 0 atom stereocenters. The number of benzene rings is 6. The summed E-state index contributed by atoms with van der Waals surface area (Å²) >= 11 is 0. The molecule has 6 aromatic carbocycles. The first-order valence-corrected chi connectivity index (χ1v) is 23.2. The van der Waals surface area contributed by atoms with E-state index < -0.39 is 0 Å². The standard InChI is InChI=1S/C58H72N4O4/c1-55(2,3)43-21-35-17-39-25-45(57(7,8)9)27-41(53(39)65-31-33-13-47(59)29-48(60)14-33)19-37-23-44(56(4,5)6)24-38(52(37)64)20-42-28-46(58(10,11)12)26-40(18-36(22-43)51(35)63)54(42)66-32-34-15-49(61)30-50(62)16-34/h13-16,21-30,63-64H,17-20,31-32,59-62H2,1-12H3. The highest BCUT2D eigenvalue weighted by molar-refractivity contribution is 5.61. The van der Waals surface area contributed by atoms with Crippen LogP contribution in [0.15, 0.2) is 84.9 Å². The van der Waals surface area contributed by atoms with E-state index in [2.05, 4.69) is 132 Å². The van der Waals surface area contributed by atoms with E-state index in [0.717, 1.165) is 77.9 Å². The minimum atomic E-state index is -0.237. The molecule has 10 N–H and O–H groups in total. The molecule has 348 valence electrons. The van der Waals surface area contributed by atoms with Gasteiger partial charge in [0.25, 0.3) is 0 Å². The van der Waals surface area contributed by atoms with E-state index in [-0.39, 0.29) is 46.4 Å². The Labute approximate surface area is 393 Å². The number of hydrogen-bond acceptors (Lipinski definition) is 8. The van der Waals surface area contributed by atoms with Crippen molar-refractivity contribution in [1.29, 1.82) is 0 Å². The molecule has 0 aromatic heterocycles. The number of nitrogens with two attached hydrogens (primary N) is 4. The summed E-state index contributed by atoms with van der Waals surface area (Å²) in [6.45, 7) is 27.0. The first-order chi connectivity index (χ1) is 30.6. The highest BCUT2D eigenvalue weighted by atomic mass is 16.5. The third-order valence-electron chi connectivity index (χ3n) is 12.9. The zero-order valence-corrected chi connectivity index (χ0v) is 41.3. The Balaban J connectivity index is 1.55. The molecule has 8 heteroatoms. The van der Waals surface area contributed by atoms with Gasteiger partial charge in [0.1, 0.15) is 36.2 Å². The molecular weight excluding hydrogens is 817 g/mol. The van der Waals surface area contributed by atoms with E-state index in [1.807, 2.05) is 24.3 Å². The maximum Gasteiger partial charge on any atom is 0.126 e. The quantitative estimate of drug-likeness (QED) is 0.0899. The summed E-state index contributed by atoms with van der Waals surface area (Å²) in [5, 5.41) is 25.3. The molecule has 0 fully saturated rings. The molecule has 66 heavy (non-hydrogen) atoms. The first-order valence-electron chi connectivity index (χ1n) is 23.2. The predicted octanol–water partition coefficient (Wildman–Crippen LogP) is 12.5. The first kappa shape index (κ1) is 47.7. The van der Waals surface area contributed by atoms with Crippen molar-refractivity contribution in [3.05, 3.63) is 163 Å². The van der Waals surface area contributed by atoms with Crippen molar-refractivity contribution in [2.45, 2.75) is 144 Å². The molecule has 0 radical (unpaired) electrons. The summed E-state index contributed by atoms with van der Waals surface area (Å²) in [5.41, 5.74) is 39.5. The van der Waals surface area contributed by atoms with Crippen molar-refractivity contribution in [2.24, 2.45) is 0 Å². The fraction of sp³-hybridized carbons (Fsp3) is 0.379. The van der Waals surface area contributed by atoms with Gasteiger partial charge >= 0.3 is 0 Å². The molecule has 0 aliphatic heterocycles. The van der Waals surface area contributed by atoms with Gasteiger partial charge in [-0.3, -0.25) is 0 Å². The normalized spacial score (nSPS) is 13.4. The summed E-state index contributed by atoms with van der Waals surface area (Å²) in [5.74, 6) is 1.89. The van der Waals surface area contributed by atoms with E-state index in [1.54, 1.807) is 12.1 Å². The highest BCUT2D eigenvalue weighted by Gasteiger charge is 2.29. The topological polar surface area (TPSA) is 163 Å². The molecule has 6 aromatic rings. The van der Waals surface area contributed by atoms with Crippen LogP contribution in [-0.4, -0.2) is 10.2 Å². The number of nitrogen functional groups attached to an aromatic ring is 4. The van der Waals surface area contributed by atoms with Crippen molar-refractivity contribution < 1.29 is 19.7 Å². The third-order valence-corrected chi connectivity index (χ3v) is 12.9. The average molecular weight is 889 g/mol. The second kappa shape index (κ2) is 17.5. The third kappa shape index (κ3) is 10.7. The van der Waals surface area contributed by atoms with Gasteiger partial charge in [0.2, 0.25) is 0 Å². The Morgan fingerprint density at radius 1 is 0.348 bits per heavy atom. The number of anilines is 4.